The molecule has 0 aromatic heterocycles. The molecule has 130 valence electrons. The third kappa shape index (κ3) is 5.14. The molecule has 2 aliphatic rings. The highest BCUT2D eigenvalue weighted by atomic mass is 16.6. The Morgan fingerprint density at radius 2 is 1.91 bits per heavy atom. The number of hydrogen-bond donors (Lipinski definition) is 1. The summed E-state index contributed by atoms with van der Waals surface area (Å²) in [6.45, 7) is 7.23. The fraction of sp³-hybridized carbons (Fsp3) is 0.842. The Labute approximate surface area is 141 Å². The normalized spacial score (nSPS) is 29.0. The number of carbonyl (C=O) groups excluding carboxylic acids is 1. The van der Waals surface area contributed by atoms with Crippen LogP contribution in [0.2, 0.25) is 0 Å². The Kier molecular flexibility index (Phi) is 6.35. The summed E-state index contributed by atoms with van der Waals surface area (Å²) < 4.78 is 5.65. The Balaban J connectivity index is 2.09. The van der Waals surface area contributed by atoms with Gasteiger partial charge in [0.05, 0.1) is 6.54 Å². The van der Waals surface area contributed by atoms with Crippen LogP contribution in [-0.2, 0) is 4.74 Å². The molecule has 0 aromatic carbocycles. The summed E-state index contributed by atoms with van der Waals surface area (Å²) in [5, 5.41) is 3.51. The lowest BCUT2D eigenvalue weighted by Crippen LogP contribution is -2.55. The minimum atomic E-state index is -0.438. The number of nitrogens with zero attached hydrogens (tertiary/aromatic N) is 1. The van der Waals surface area contributed by atoms with Gasteiger partial charge in [0.2, 0.25) is 0 Å². The van der Waals surface area contributed by atoms with Crippen LogP contribution >= 0.6 is 0 Å². The van der Waals surface area contributed by atoms with E-state index in [0.717, 1.165) is 25.8 Å². The lowest BCUT2D eigenvalue weighted by Gasteiger charge is -2.45. The predicted octanol–water partition coefficient (Wildman–Crippen LogP) is 3.56. The van der Waals surface area contributed by atoms with Gasteiger partial charge in [0.15, 0.2) is 0 Å². The summed E-state index contributed by atoms with van der Waals surface area (Å²) >= 11 is 0. The van der Waals surface area contributed by atoms with E-state index in [2.05, 4.69) is 11.2 Å². The van der Waals surface area contributed by atoms with Gasteiger partial charge >= 0.3 is 6.09 Å². The first-order valence-corrected chi connectivity index (χ1v) is 9.09. The molecule has 1 amide bonds. The fourth-order valence-electron chi connectivity index (χ4n) is 4.01. The highest BCUT2D eigenvalue weighted by molar-refractivity contribution is 5.68. The number of terminal acetylenes is 1. The molecular formula is C19H32N2O2. The lowest BCUT2D eigenvalue weighted by molar-refractivity contribution is -0.00507. The largest absolute Gasteiger partial charge is 0.444 e. The van der Waals surface area contributed by atoms with E-state index in [0.29, 0.717) is 18.5 Å². The van der Waals surface area contributed by atoms with E-state index in [1.165, 1.54) is 25.7 Å². The zero-order valence-electron chi connectivity index (χ0n) is 14.9. The van der Waals surface area contributed by atoms with Crippen molar-refractivity contribution in [1.82, 2.24) is 10.2 Å². The average Bonchev–Trinajstić information content (AvgIpc) is 2.51. The van der Waals surface area contributed by atoms with Crippen LogP contribution in [0, 0.1) is 18.3 Å². The van der Waals surface area contributed by atoms with Crippen molar-refractivity contribution in [3.8, 4) is 12.3 Å². The van der Waals surface area contributed by atoms with Gasteiger partial charge in [0.1, 0.15) is 5.60 Å². The van der Waals surface area contributed by atoms with E-state index in [-0.39, 0.29) is 12.1 Å². The maximum Gasteiger partial charge on any atom is 0.410 e. The summed E-state index contributed by atoms with van der Waals surface area (Å²) in [4.78, 5) is 14.6. The zero-order valence-corrected chi connectivity index (χ0v) is 14.9. The second kappa shape index (κ2) is 8.06. The van der Waals surface area contributed by atoms with Gasteiger partial charge in [-0.05, 0) is 58.8 Å². The van der Waals surface area contributed by atoms with Crippen LogP contribution in [0.1, 0.15) is 65.7 Å². The Morgan fingerprint density at radius 3 is 2.61 bits per heavy atom. The standard InChI is InChI=1S/C19H32N2O2/c1-5-13-20-16-11-7-6-10-15(16)17-12-8-9-14-21(17)18(22)23-19(2,3)4/h1,15-17,20H,6-14H2,2-4H3. The minimum Gasteiger partial charge on any atom is -0.444 e. The quantitative estimate of drug-likeness (QED) is 0.809. The number of amides is 1. The van der Waals surface area contributed by atoms with Crippen molar-refractivity contribution in [2.45, 2.75) is 83.4 Å². The van der Waals surface area contributed by atoms with Crippen molar-refractivity contribution in [3.05, 3.63) is 0 Å². The number of piperidine rings is 1. The molecule has 0 bridgehead atoms. The molecule has 0 aromatic rings. The van der Waals surface area contributed by atoms with Crippen LogP contribution in [0.25, 0.3) is 0 Å². The molecule has 4 heteroatoms. The summed E-state index contributed by atoms with van der Waals surface area (Å²) in [6.07, 6.45) is 13.4. The SMILES string of the molecule is C#CCNC1CCCCC1C1CCCCN1C(=O)OC(C)(C)C. The van der Waals surface area contributed by atoms with Crippen LogP contribution in [0.5, 0.6) is 0 Å². The molecule has 1 aliphatic carbocycles. The van der Waals surface area contributed by atoms with Gasteiger partial charge in [-0.15, -0.1) is 6.42 Å². The van der Waals surface area contributed by atoms with Gasteiger partial charge in [0.25, 0.3) is 0 Å². The maximum atomic E-state index is 12.6. The van der Waals surface area contributed by atoms with Gasteiger partial charge < -0.3 is 15.0 Å². The first-order valence-electron chi connectivity index (χ1n) is 9.09. The van der Waals surface area contributed by atoms with Crippen molar-refractivity contribution in [2.24, 2.45) is 5.92 Å². The molecule has 0 spiro atoms. The molecule has 1 saturated carbocycles. The van der Waals surface area contributed by atoms with Gasteiger partial charge in [-0.3, -0.25) is 0 Å². The molecule has 23 heavy (non-hydrogen) atoms. The van der Waals surface area contributed by atoms with Gasteiger partial charge in [-0.25, -0.2) is 4.79 Å². The van der Waals surface area contributed by atoms with Gasteiger partial charge in [0, 0.05) is 18.6 Å². The van der Waals surface area contributed by atoms with E-state index in [4.69, 9.17) is 11.2 Å². The number of likely N-dealkylation sites (tertiary alicyclic amines) is 1. The molecule has 1 heterocycles. The third-order valence-electron chi connectivity index (χ3n) is 4.96. The monoisotopic (exact) mass is 320 g/mol. The molecule has 2 fully saturated rings. The van der Waals surface area contributed by atoms with E-state index in [1.807, 2.05) is 25.7 Å². The Hall–Kier alpha value is -1.21. The molecule has 4 nitrogen and oxygen atoms in total. The summed E-state index contributed by atoms with van der Waals surface area (Å²) in [6, 6.07) is 0.710. The highest BCUT2D eigenvalue weighted by Gasteiger charge is 2.39. The molecule has 0 radical (unpaired) electrons. The summed E-state index contributed by atoms with van der Waals surface area (Å²) in [5.41, 5.74) is -0.438. The van der Waals surface area contributed by atoms with Crippen molar-refractivity contribution < 1.29 is 9.53 Å². The van der Waals surface area contributed by atoms with Crippen LogP contribution in [0.3, 0.4) is 0 Å². The van der Waals surface area contributed by atoms with Crippen molar-refractivity contribution >= 4 is 6.09 Å². The number of ether oxygens (including phenoxy) is 1. The van der Waals surface area contributed by atoms with E-state index in [9.17, 15) is 4.79 Å². The fourth-order valence-corrected chi connectivity index (χ4v) is 4.01. The van der Waals surface area contributed by atoms with Gasteiger partial charge in [-0.1, -0.05) is 18.8 Å². The van der Waals surface area contributed by atoms with Crippen LogP contribution in [0.15, 0.2) is 0 Å². The first kappa shape index (κ1) is 18.1. The van der Waals surface area contributed by atoms with Crippen molar-refractivity contribution in [3.63, 3.8) is 0 Å². The first-order chi connectivity index (χ1) is 10.9. The van der Waals surface area contributed by atoms with Crippen LogP contribution in [0.4, 0.5) is 4.79 Å². The van der Waals surface area contributed by atoms with E-state index >= 15 is 0 Å². The van der Waals surface area contributed by atoms with Crippen LogP contribution in [-0.4, -0.2) is 41.8 Å². The van der Waals surface area contributed by atoms with Crippen molar-refractivity contribution in [1.29, 1.82) is 0 Å². The van der Waals surface area contributed by atoms with Crippen molar-refractivity contribution in [2.75, 3.05) is 13.1 Å². The second-order valence-electron chi connectivity index (χ2n) is 7.88. The minimum absolute atomic E-state index is 0.150. The topological polar surface area (TPSA) is 41.6 Å². The molecule has 3 unspecified atom stereocenters. The van der Waals surface area contributed by atoms with E-state index < -0.39 is 5.60 Å². The number of carbonyl (C=O) groups is 1. The second-order valence-corrected chi connectivity index (χ2v) is 7.88. The Morgan fingerprint density at radius 1 is 1.22 bits per heavy atom. The molecule has 1 saturated heterocycles. The molecule has 3 atom stereocenters. The summed E-state index contributed by atoms with van der Waals surface area (Å²) in [7, 11) is 0. The average molecular weight is 320 g/mol. The smallest absolute Gasteiger partial charge is 0.410 e. The summed E-state index contributed by atoms with van der Waals surface area (Å²) in [5.74, 6) is 3.18. The van der Waals surface area contributed by atoms with Gasteiger partial charge in [-0.2, -0.15) is 0 Å². The molecule has 2 rings (SSSR count). The zero-order chi connectivity index (χ0) is 16.9. The molecule has 1 N–H and O–H groups in total. The highest BCUT2D eigenvalue weighted by Crippen LogP contribution is 2.34. The van der Waals surface area contributed by atoms with Crippen LogP contribution < -0.4 is 5.32 Å². The van der Waals surface area contributed by atoms with E-state index in [1.54, 1.807) is 0 Å². The number of rotatable bonds is 3. The molecular weight excluding hydrogens is 288 g/mol. The number of hydrogen-bond acceptors (Lipinski definition) is 3. The Bertz CT molecular complexity index is 436. The number of nitrogens with one attached hydrogen (secondary N) is 1. The third-order valence-corrected chi connectivity index (χ3v) is 4.96. The molecule has 1 aliphatic heterocycles. The predicted molar refractivity (Wildman–Crippen MR) is 93.2 cm³/mol. The lowest BCUT2D eigenvalue weighted by atomic mass is 9.76. The maximum absolute atomic E-state index is 12.6.